The fraction of sp³-hybridized carbons (Fsp3) is 0.417. The first-order valence-corrected chi connectivity index (χ1v) is 14.5. The number of piperidine rings is 1. The quantitative estimate of drug-likeness (QED) is 0.310. The number of amides is 1. The fourth-order valence-corrected chi connectivity index (χ4v) is 6.99. The van der Waals surface area contributed by atoms with Crippen molar-refractivity contribution in [3.63, 3.8) is 0 Å². The number of H-pyrrole nitrogens is 1. The first-order chi connectivity index (χ1) is 19.3. The number of nitrogens with two attached hydrogens (primary N) is 1. The lowest BCUT2D eigenvalue weighted by molar-refractivity contribution is -0.207. The first-order valence-electron chi connectivity index (χ1n) is 12.6. The van der Waals surface area contributed by atoms with Crippen molar-refractivity contribution in [3.05, 3.63) is 48.1 Å². The Hall–Kier alpha value is -4.12. The zero-order valence-electron chi connectivity index (χ0n) is 21.4. The Bertz CT molecular complexity index is 1730. The summed E-state index contributed by atoms with van der Waals surface area (Å²) in [6, 6.07) is 2.03. The van der Waals surface area contributed by atoms with Gasteiger partial charge < -0.3 is 15.7 Å². The van der Waals surface area contributed by atoms with Crippen LogP contribution < -0.4 is 5.73 Å². The molecule has 0 aromatic carbocycles. The minimum Gasteiger partial charge on any atom is -0.382 e. The number of nitrogen functional groups attached to an aromatic ring is 1. The van der Waals surface area contributed by atoms with Crippen LogP contribution in [0.5, 0.6) is 0 Å². The van der Waals surface area contributed by atoms with E-state index in [4.69, 9.17) is 10.7 Å². The molecule has 3 unspecified atom stereocenters. The molecule has 6 heterocycles. The van der Waals surface area contributed by atoms with Crippen molar-refractivity contribution in [1.82, 2.24) is 39.7 Å². The summed E-state index contributed by atoms with van der Waals surface area (Å²) in [6.45, 7) is 0. The zero-order valence-corrected chi connectivity index (χ0v) is 22.3. The number of aromatic nitrogens is 7. The minimum absolute atomic E-state index is 0.132. The molecule has 4 aromatic heterocycles. The smallest absolute Gasteiger partial charge is 0.382 e. The number of pyridine rings is 1. The molecule has 216 valence electrons. The zero-order chi connectivity index (χ0) is 29.3. The Kier molecular flexibility index (Phi) is 6.25. The highest BCUT2D eigenvalue weighted by Crippen LogP contribution is 2.45. The van der Waals surface area contributed by atoms with Gasteiger partial charge in [-0.2, -0.15) is 27.9 Å². The van der Waals surface area contributed by atoms with Gasteiger partial charge in [0.2, 0.25) is 5.82 Å². The van der Waals surface area contributed by atoms with Gasteiger partial charge in [-0.1, -0.05) is 6.07 Å². The molecular formula is C24H24F3N9O4S. The average Bonchev–Trinajstić information content (AvgIpc) is 3.65. The van der Waals surface area contributed by atoms with E-state index in [2.05, 4.69) is 25.3 Å². The Morgan fingerprint density at radius 1 is 1.17 bits per heavy atom. The summed E-state index contributed by atoms with van der Waals surface area (Å²) in [4.78, 5) is 27.1. The van der Waals surface area contributed by atoms with E-state index in [0.29, 0.717) is 24.0 Å². The second kappa shape index (κ2) is 9.47. The number of nitrogens with zero attached hydrogens (tertiary/aromatic N) is 7. The average molecular weight is 592 g/mol. The molecule has 4 N–H and O–H groups in total. The summed E-state index contributed by atoms with van der Waals surface area (Å²) >= 11 is 0. The molecular weight excluding hydrogens is 567 g/mol. The number of aliphatic hydroxyl groups excluding tert-OH is 1. The highest BCUT2D eigenvalue weighted by molar-refractivity contribution is 7.91. The number of halogens is 3. The van der Waals surface area contributed by atoms with Gasteiger partial charge in [0.1, 0.15) is 17.0 Å². The normalized spacial score (nSPS) is 21.9. The van der Waals surface area contributed by atoms with Gasteiger partial charge in [-0.05, 0) is 31.7 Å². The van der Waals surface area contributed by atoms with Crippen molar-refractivity contribution in [3.8, 4) is 11.1 Å². The minimum atomic E-state index is -4.87. The van der Waals surface area contributed by atoms with E-state index in [1.54, 1.807) is 4.90 Å². The molecule has 4 aromatic rings. The lowest BCUT2D eigenvalue weighted by Crippen LogP contribution is -2.46. The lowest BCUT2D eigenvalue weighted by atomic mass is 9.87. The third-order valence-corrected chi connectivity index (χ3v) is 8.85. The number of fused-ring (bicyclic) bond motifs is 3. The third-order valence-electron chi connectivity index (χ3n) is 7.69. The van der Waals surface area contributed by atoms with Crippen LogP contribution in [0.3, 0.4) is 0 Å². The van der Waals surface area contributed by atoms with E-state index in [9.17, 15) is 31.5 Å². The van der Waals surface area contributed by atoms with E-state index in [1.165, 1.54) is 23.1 Å². The molecule has 2 aliphatic rings. The number of rotatable bonds is 5. The van der Waals surface area contributed by atoms with Gasteiger partial charge in [0, 0.05) is 41.6 Å². The Labute approximate surface area is 230 Å². The van der Waals surface area contributed by atoms with E-state index >= 15 is 0 Å². The maximum atomic E-state index is 13.1. The highest BCUT2D eigenvalue weighted by Gasteiger charge is 2.46. The maximum absolute atomic E-state index is 13.1. The summed E-state index contributed by atoms with van der Waals surface area (Å²) < 4.78 is 65.8. The SMILES string of the molecule is CS(=O)(=O)c1c(C2CC3CC[C@H](C2)N3C(=O)c2ncn[nH]2)nc2c(-c3ccc(C(O)C(F)(F)F)nc3)cnn2c1N. The van der Waals surface area contributed by atoms with E-state index in [-0.39, 0.29) is 51.8 Å². The molecule has 41 heavy (non-hydrogen) atoms. The van der Waals surface area contributed by atoms with Crippen molar-refractivity contribution in [1.29, 1.82) is 0 Å². The second-order valence-electron chi connectivity index (χ2n) is 10.3. The van der Waals surface area contributed by atoms with E-state index in [1.807, 2.05) is 0 Å². The molecule has 13 nitrogen and oxygen atoms in total. The number of nitrogens with one attached hydrogen (secondary N) is 1. The molecule has 2 saturated heterocycles. The summed E-state index contributed by atoms with van der Waals surface area (Å²) in [5.41, 5.74) is 6.94. The Morgan fingerprint density at radius 2 is 1.88 bits per heavy atom. The largest absolute Gasteiger partial charge is 0.420 e. The van der Waals surface area contributed by atoms with Crippen molar-refractivity contribution >= 4 is 27.2 Å². The molecule has 0 aliphatic carbocycles. The van der Waals surface area contributed by atoms with Gasteiger partial charge in [-0.3, -0.25) is 14.9 Å². The van der Waals surface area contributed by atoms with Gasteiger partial charge in [-0.25, -0.2) is 18.4 Å². The van der Waals surface area contributed by atoms with Gasteiger partial charge in [0.05, 0.1) is 17.6 Å². The molecule has 17 heteroatoms. The van der Waals surface area contributed by atoms with Crippen molar-refractivity contribution in [2.45, 2.75) is 60.9 Å². The van der Waals surface area contributed by atoms with Crippen LogP contribution in [0, 0.1) is 0 Å². The number of alkyl halides is 3. The number of sulfone groups is 1. The number of hydrogen-bond acceptors (Lipinski definition) is 10. The number of anilines is 1. The first kappa shape index (κ1) is 27.1. The molecule has 2 fully saturated rings. The van der Waals surface area contributed by atoms with Crippen LogP contribution >= 0.6 is 0 Å². The van der Waals surface area contributed by atoms with Crippen LogP contribution in [0.15, 0.2) is 35.7 Å². The highest BCUT2D eigenvalue weighted by atomic mass is 32.2. The van der Waals surface area contributed by atoms with Crippen molar-refractivity contribution < 1.29 is 31.5 Å². The van der Waals surface area contributed by atoms with Gasteiger partial charge in [0.25, 0.3) is 5.91 Å². The third kappa shape index (κ3) is 4.57. The van der Waals surface area contributed by atoms with Gasteiger partial charge in [-0.15, -0.1) is 0 Å². The topological polar surface area (TPSA) is 185 Å². The van der Waals surface area contributed by atoms with Crippen LogP contribution in [0.4, 0.5) is 19.0 Å². The summed E-state index contributed by atoms with van der Waals surface area (Å²) in [6.07, 6.45) is -0.466. The van der Waals surface area contributed by atoms with E-state index in [0.717, 1.165) is 31.4 Å². The molecule has 2 bridgehead atoms. The summed E-state index contributed by atoms with van der Waals surface area (Å²) in [5, 5.41) is 20.0. The number of carbonyl (C=O) groups excluding carboxylic acids is 1. The fourth-order valence-electron chi connectivity index (χ4n) is 5.94. The van der Waals surface area contributed by atoms with Crippen LogP contribution in [0.2, 0.25) is 0 Å². The molecule has 0 radical (unpaired) electrons. The van der Waals surface area contributed by atoms with Crippen LogP contribution in [-0.4, -0.2) is 83.6 Å². The molecule has 0 spiro atoms. The lowest BCUT2D eigenvalue weighted by Gasteiger charge is -2.38. The van der Waals surface area contributed by atoms with Crippen molar-refractivity contribution in [2.24, 2.45) is 0 Å². The van der Waals surface area contributed by atoms with Gasteiger partial charge >= 0.3 is 6.18 Å². The van der Waals surface area contributed by atoms with Gasteiger partial charge in [0.15, 0.2) is 21.6 Å². The number of aromatic amines is 1. The molecule has 4 atom stereocenters. The molecule has 1 amide bonds. The van der Waals surface area contributed by atoms with E-state index < -0.39 is 27.8 Å². The van der Waals surface area contributed by atoms with Crippen LogP contribution in [0.25, 0.3) is 16.8 Å². The number of aliphatic hydroxyl groups is 1. The predicted molar refractivity (Wildman–Crippen MR) is 136 cm³/mol. The monoisotopic (exact) mass is 591 g/mol. The number of carbonyl (C=O) groups is 1. The van der Waals surface area contributed by atoms with Crippen LogP contribution in [0.1, 0.15) is 59.7 Å². The second-order valence-corrected chi connectivity index (χ2v) is 12.2. The molecule has 0 saturated carbocycles. The molecule has 6 rings (SSSR count). The maximum Gasteiger partial charge on any atom is 0.420 e. The Morgan fingerprint density at radius 3 is 2.44 bits per heavy atom. The summed E-state index contributed by atoms with van der Waals surface area (Å²) in [7, 11) is -3.87. The predicted octanol–water partition coefficient (Wildman–Crippen LogP) is 2.04. The number of hydrogen-bond donors (Lipinski definition) is 3. The van der Waals surface area contributed by atoms with Crippen LogP contribution in [-0.2, 0) is 9.84 Å². The standard InChI is InChI=1S/C24H24F3N9O4S/c1-41(39,40)18-17(12-6-13-3-4-14(7-12)35(13)23(38)21-30-10-31-34-21)33-22-15(9-32-36(22)20(18)28)11-2-5-16(29-8-11)19(37)24(25,26)27/h2,5,8-10,12-14,19,37H,3-4,6-7,28H2,1H3,(H,30,31,34)/t12?,13-,14?,19?/m1/s1. The summed E-state index contributed by atoms with van der Waals surface area (Å²) in [5.74, 6) is -0.645. The molecule has 2 aliphatic heterocycles. The Balaban J connectivity index is 1.40. The van der Waals surface area contributed by atoms with Crippen molar-refractivity contribution in [2.75, 3.05) is 12.0 Å².